The average Bonchev–Trinajstić information content (AvgIpc) is 3.35. The van der Waals surface area contributed by atoms with E-state index in [-0.39, 0.29) is 5.82 Å². The summed E-state index contributed by atoms with van der Waals surface area (Å²) in [5, 5.41) is 18.3. The maximum absolute atomic E-state index is 14.9. The van der Waals surface area contributed by atoms with Crippen LogP contribution in [0.2, 0.25) is 0 Å². The van der Waals surface area contributed by atoms with E-state index in [0.717, 1.165) is 39.2 Å². The third kappa shape index (κ3) is 6.64. The van der Waals surface area contributed by atoms with Crippen LogP contribution >= 0.6 is 0 Å². The van der Waals surface area contributed by atoms with Gasteiger partial charge in [-0.3, -0.25) is 0 Å². The van der Waals surface area contributed by atoms with Crippen LogP contribution in [0.4, 0.5) is 4.39 Å². The quantitative estimate of drug-likeness (QED) is 0.251. The topological polar surface area (TPSA) is 67.7 Å². The van der Waals surface area contributed by atoms with Crippen LogP contribution in [0.3, 0.4) is 0 Å². The zero-order valence-electron chi connectivity index (χ0n) is 24.4. The van der Waals surface area contributed by atoms with Crippen molar-refractivity contribution in [2.45, 2.75) is 68.0 Å². The zero-order valence-corrected chi connectivity index (χ0v) is 24.4. The number of hydrogen-bond donors (Lipinski definition) is 2. The molecule has 1 atom stereocenters. The van der Waals surface area contributed by atoms with Gasteiger partial charge in [0.05, 0.1) is 11.1 Å². The maximum atomic E-state index is 14.9. The van der Waals surface area contributed by atoms with Gasteiger partial charge in [0.15, 0.2) is 5.82 Å². The highest BCUT2D eigenvalue weighted by Gasteiger charge is 2.41. The molecule has 0 fully saturated rings. The fraction of sp³-hybridized carbons (Fsp3) is 0.344. The number of aromatic nitrogens is 4. The SMILES string of the molecule is C#CC1(C)C(=C)C(C)=C1NCc1cc(CNC(=C)C(=C)CC=C(C(=C)C)n2nnnc2C)cc(C)c1F.CC. The van der Waals surface area contributed by atoms with Crippen molar-refractivity contribution < 1.29 is 4.39 Å². The Hall–Kier alpha value is -4.18. The number of nitrogens with zero attached hydrogens (tertiary/aromatic N) is 4. The summed E-state index contributed by atoms with van der Waals surface area (Å²) in [5.74, 6) is 3.24. The van der Waals surface area contributed by atoms with Crippen molar-refractivity contribution in [2.24, 2.45) is 5.41 Å². The number of hydrogen-bond acceptors (Lipinski definition) is 5. The molecular weight excluding hydrogens is 487 g/mol. The molecule has 7 heteroatoms. The molecule has 0 amide bonds. The van der Waals surface area contributed by atoms with Gasteiger partial charge in [-0.1, -0.05) is 58.2 Å². The van der Waals surface area contributed by atoms with Crippen molar-refractivity contribution in [1.82, 2.24) is 30.8 Å². The van der Waals surface area contributed by atoms with Crippen molar-refractivity contribution in [3.8, 4) is 12.3 Å². The van der Waals surface area contributed by atoms with Gasteiger partial charge < -0.3 is 10.6 Å². The largest absolute Gasteiger partial charge is 0.382 e. The van der Waals surface area contributed by atoms with Crippen molar-refractivity contribution in [3.63, 3.8) is 0 Å². The Balaban J connectivity index is 0.00000260. The van der Waals surface area contributed by atoms with Crippen LogP contribution in [0, 0.1) is 37.4 Å². The Morgan fingerprint density at radius 3 is 2.41 bits per heavy atom. The molecule has 1 aliphatic carbocycles. The summed E-state index contributed by atoms with van der Waals surface area (Å²) in [7, 11) is 0. The van der Waals surface area contributed by atoms with Gasteiger partial charge in [0.25, 0.3) is 0 Å². The molecule has 1 aromatic carbocycles. The molecule has 39 heavy (non-hydrogen) atoms. The van der Waals surface area contributed by atoms with Crippen LogP contribution in [0.1, 0.15) is 63.6 Å². The predicted molar refractivity (Wildman–Crippen MR) is 159 cm³/mol. The Kier molecular flexibility index (Phi) is 10.4. The number of halogens is 1. The first-order chi connectivity index (χ1) is 18.4. The van der Waals surface area contributed by atoms with E-state index in [4.69, 9.17) is 6.42 Å². The van der Waals surface area contributed by atoms with E-state index in [1.54, 1.807) is 11.6 Å². The van der Waals surface area contributed by atoms with Crippen LogP contribution in [0.15, 0.2) is 78.2 Å². The lowest BCUT2D eigenvalue weighted by molar-refractivity contribution is 0.508. The van der Waals surface area contributed by atoms with E-state index >= 15 is 0 Å². The average molecular weight is 529 g/mol. The molecular formula is C32H41FN6. The van der Waals surface area contributed by atoms with Gasteiger partial charge in [0.1, 0.15) is 5.82 Å². The molecule has 206 valence electrons. The molecule has 0 spiro atoms. The van der Waals surface area contributed by atoms with Gasteiger partial charge in [-0.2, -0.15) is 4.68 Å². The fourth-order valence-corrected chi connectivity index (χ4v) is 4.37. The third-order valence-electron chi connectivity index (χ3n) is 6.83. The first-order valence-corrected chi connectivity index (χ1v) is 13.0. The molecule has 3 rings (SSSR count). The number of allylic oxidation sites excluding steroid dienone is 6. The normalized spacial score (nSPS) is 16.5. The van der Waals surface area contributed by atoms with E-state index in [1.807, 2.05) is 59.8 Å². The smallest absolute Gasteiger partial charge is 0.153 e. The van der Waals surface area contributed by atoms with E-state index in [2.05, 4.69) is 58.4 Å². The monoisotopic (exact) mass is 528 g/mol. The molecule has 6 nitrogen and oxygen atoms in total. The zero-order chi connectivity index (χ0) is 29.5. The van der Waals surface area contributed by atoms with Crippen LogP contribution in [-0.2, 0) is 13.1 Å². The van der Waals surface area contributed by atoms with Crippen LogP contribution in [0.5, 0.6) is 0 Å². The van der Waals surface area contributed by atoms with Gasteiger partial charge in [0, 0.05) is 30.0 Å². The van der Waals surface area contributed by atoms with Gasteiger partial charge >= 0.3 is 0 Å². The molecule has 2 aromatic rings. The fourth-order valence-electron chi connectivity index (χ4n) is 4.37. The Morgan fingerprint density at radius 1 is 1.18 bits per heavy atom. The Labute approximate surface area is 233 Å². The lowest BCUT2D eigenvalue weighted by Crippen LogP contribution is -2.39. The van der Waals surface area contributed by atoms with Gasteiger partial charge in [-0.25, -0.2) is 4.39 Å². The minimum absolute atomic E-state index is 0.228. The lowest BCUT2D eigenvalue weighted by atomic mass is 9.66. The summed E-state index contributed by atoms with van der Waals surface area (Å²) >= 11 is 0. The second kappa shape index (κ2) is 13.1. The highest BCUT2D eigenvalue weighted by Crippen LogP contribution is 2.48. The summed E-state index contributed by atoms with van der Waals surface area (Å²) in [6.07, 6.45) is 8.25. The molecule has 1 aliphatic rings. The Bertz CT molecular complexity index is 1400. The number of tetrazole rings is 1. The lowest BCUT2D eigenvalue weighted by Gasteiger charge is -2.41. The second-order valence-corrected chi connectivity index (χ2v) is 9.63. The third-order valence-corrected chi connectivity index (χ3v) is 6.83. The minimum Gasteiger partial charge on any atom is -0.382 e. The highest BCUT2D eigenvalue weighted by molar-refractivity contribution is 5.62. The van der Waals surface area contributed by atoms with Gasteiger partial charge in [-0.15, -0.1) is 11.5 Å². The molecule has 0 aliphatic heterocycles. The minimum atomic E-state index is -0.533. The number of benzene rings is 1. The molecule has 0 saturated heterocycles. The van der Waals surface area contributed by atoms with Crippen molar-refractivity contribution >= 4 is 5.70 Å². The van der Waals surface area contributed by atoms with E-state index in [1.165, 1.54) is 0 Å². The molecule has 0 bridgehead atoms. The van der Waals surface area contributed by atoms with Crippen molar-refractivity contribution in [2.75, 3.05) is 0 Å². The second-order valence-electron chi connectivity index (χ2n) is 9.63. The highest BCUT2D eigenvalue weighted by atomic mass is 19.1. The molecule has 0 saturated carbocycles. The van der Waals surface area contributed by atoms with Crippen molar-refractivity contribution in [1.29, 1.82) is 0 Å². The molecule has 1 heterocycles. The number of nitrogens with one attached hydrogen (secondary N) is 2. The number of aryl methyl sites for hydroxylation is 2. The Morgan fingerprint density at radius 2 is 1.85 bits per heavy atom. The number of terminal acetylenes is 1. The van der Waals surface area contributed by atoms with E-state index in [0.29, 0.717) is 42.2 Å². The van der Waals surface area contributed by atoms with E-state index < -0.39 is 5.41 Å². The standard InChI is InChI=1S/C30H35FN6.C2H6/c1-11-30(10)22(7)21(6)29(30)33-17-26-15-25(14-20(5)28(26)31)16-32-23(8)19(4)12-13-27(18(2)3)37-24(9)34-35-36-37;1-2/h1,13-15,32-33H,2,4,7-8,12,16-17H2,3,5-6,9-10H3;1-2H3. The molecule has 2 N–H and O–H groups in total. The van der Waals surface area contributed by atoms with E-state index in [9.17, 15) is 4.39 Å². The van der Waals surface area contributed by atoms with Gasteiger partial charge in [-0.05, 0) is 91.0 Å². The number of rotatable bonds is 11. The van der Waals surface area contributed by atoms with Crippen LogP contribution < -0.4 is 10.6 Å². The summed E-state index contributed by atoms with van der Waals surface area (Å²) in [6.45, 7) is 30.6. The van der Waals surface area contributed by atoms with Crippen LogP contribution in [-0.4, -0.2) is 20.2 Å². The molecule has 1 unspecified atom stereocenters. The summed E-state index contributed by atoms with van der Waals surface area (Å²) in [5.41, 5.74) is 7.59. The predicted octanol–water partition coefficient (Wildman–Crippen LogP) is 6.69. The summed E-state index contributed by atoms with van der Waals surface area (Å²) < 4.78 is 16.6. The van der Waals surface area contributed by atoms with Crippen LogP contribution in [0.25, 0.3) is 5.70 Å². The van der Waals surface area contributed by atoms with Crippen molar-refractivity contribution in [3.05, 3.63) is 107 Å². The first-order valence-electron chi connectivity index (χ1n) is 13.0. The molecule has 0 radical (unpaired) electrons. The summed E-state index contributed by atoms with van der Waals surface area (Å²) in [6, 6.07) is 3.69. The van der Waals surface area contributed by atoms with Gasteiger partial charge in [0.2, 0.25) is 0 Å². The maximum Gasteiger partial charge on any atom is 0.153 e. The summed E-state index contributed by atoms with van der Waals surface area (Å²) in [4.78, 5) is 0. The molecule has 1 aromatic heterocycles. The first kappa shape index (κ1) is 31.0.